The van der Waals surface area contributed by atoms with Crippen molar-refractivity contribution in [2.75, 3.05) is 5.32 Å². The van der Waals surface area contributed by atoms with Gasteiger partial charge in [0.15, 0.2) is 0 Å². The highest BCUT2D eigenvalue weighted by Gasteiger charge is 2.26. The van der Waals surface area contributed by atoms with Gasteiger partial charge >= 0.3 is 5.97 Å². The molecule has 0 fully saturated rings. The van der Waals surface area contributed by atoms with Crippen molar-refractivity contribution in [1.82, 2.24) is 5.32 Å². The molecule has 3 aromatic rings. The predicted octanol–water partition coefficient (Wildman–Crippen LogP) is 5.44. The molecular weight excluding hydrogens is 480 g/mol. The first kappa shape index (κ1) is 26.8. The summed E-state index contributed by atoms with van der Waals surface area (Å²) < 4.78 is 5.60. The SMILES string of the molecule is CC(C)Oc1ccc(C(=O)N[C@@H](Cc2ccc(NC(=O)c3ccccc3)cc2)C(C)C(=O)O)cc1Cl. The molecule has 0 aliphatic heterocycles. The quantitative estimate of drug-likeness (QED) is 0.338. The van der Waals surface area contributed by atoms with Crippen LogP contribution in [0.4, 0.5) is 5.69 Å². The van der Waals surface area contributed by atoms with E-state index in [2.05, 4.69) is 10.6 Å². The number of carboxylic acid groups (broad SMARTS) is 1. The Hall–Kier alpha value is -3.84. The van der Waals surface area contributed by atoms with Crippen LogP contribution in [0.5, 0.6) is 5.75 Å². The van der Waals surface area contributed by atoms with E-state index in [1.807, 2.05) is 19.9 Å². The van der Waals surface area contributed by atoms with Gasteiger partial charge in [-0.25, -0.2) is 0 Å². The number of ether oxygens (including phenoxy) is 1. The molecule has 0 aromatic heterocycles. The van der Waals surface area contributed by atoms with Crippen molar-refractivity contribution in [2.24, 2.45) is 5.92 Å². The topological polar surface area (TPSA) is 105 Å². The smallest absolute Gasteiger partial charge is 0.308 e. The van der Waals surface area contributed by atoms with Gasteiger partial charge < -0.3 is 20.5 Å². The van der Waals surface area contributed by atoms with Crippen LogP contribution in [0, 0.1) is 5.92 Å². The molecule has 2 atom stereocenters. The highest BCUT2D eigenvalue weighted by atomic mass is 35.5. The highest BCUT2D eigenvalue weighted by Crippen LogP contribution is 2.26. The van der Waals surface area contributed by atoms with Crippen molar-refractivity contribution in [2.45, 2.75) is 39.3 Å². The van der Waals surface area contributed by atoms with Gasteiger partial charge in [-0.05, 0) is 75.2 Å². The van der Waals surface area contributed by atoms with E-state index in [4.69, 9.17) is 16.3 Å². The van der Waals surface area contributed by atoms with E-state index in [-0.39, 0.29) is 18.4 Å². The Kier molecular flexibility index (Phi) is 9.08. The zero-order valence-corrected chi connectivity index (χ0v) is 21.1. The summed E-state index contributed by atoms with van der Waals surface area (Å²) in [6.45, 7) is 5.30. The van der Waals surface area contributed by atoms with E-state index in [9.17, 15) is 19.5 Å². The maximum absolute atomic E-state index is 12.9. The minimum Gasteiger partial charge on any atom is -0.489 e. The molecule has 0 radical (unpaired) electrons. The normalized spacial score (nSPS) is 12.5. The fraction of sp³-hybridized carbons (Fsp3) is 0.250. The van der Waals surface area contributed by atoms with Crippen LogP contribution in [0.3, 0.4) is 0 Å². The van der Waals surface area contributed by atoms with Crippen LogP contribution in [0.2, 0.25) is 5.02 Å². The first-order valence-electron chi connectivity index (χ1n) is 11.6. The van der Waals surface area contributed by atoms with Gasteiger partial charge in [0.2, 0.25) is 0 Å². The molecule has 7 nitrogen and oxygen atoms in total. The molecule has 36 heavy (non-hydrogen) atoms. The average molecular weight is 509 g/mol. The van der Waals surface area contributed by atoms with E-state index < -0.39 is 23.8 Å². The summed E-state index contributed by atoms with van der Waals surface area (Å²) in [5.74, 6) is -2.05. The van der Waals surface area contributed by atoms with Crippen LogP contribution in [0.25, 0.3) is 0 Å². The van der Waals surface area contributed by atoms with Crippen LogP contribution in [-0.4, -0.2) is 35.0 Å². The van der Waals surface area contributed by atoms with E-state index in [1.165, 1.54) is 6.07 Å². The number of anilines is 1. The summed E-state index contributed by atoms with van der Waals surface area (Å²) in [5.41, 5.74) is 2.27. The van der Waals surface area contributed by atoms with Gasteiger partial charge in [-0.1, -0.05) is 41.9 Å². The van der Waals surface area contributed by atoms with Crippen LogP contribution in [0.1, 0.15) is 47.1 Å². The lowest BCUT2D eigenvalue weighted by Crippen LogP contribution is -2.43. The number of carbonyl (C=O) groups excluding carboxylic acids is 2. The molecule has 0 spiro atoms. The summed E-state index contributed by atoms with van der Waals surface area (Å²) in [7, 11) is 0. The van der Waals surface area contributed by atoms with Crippen molar-refractivity contribution in [3.05, 3.63) is 94.5 Å². The second-order valence-corrected chi connectivity index (χ2v) is 9.15. The van der Waals surface area contributed by atoms with Gasteiger partial charge in [0.25, 0.3) is 11.8 Å². The lowest BCUT2D eigenvalue weighted by atomic mass is 9.94. The van der Waals surface area contributed by atoms with Crippen LogP contribution in [-0.2, 0) is 11.2 Å². The molecule has 0 saturated heterocycles. The van der Waals surface area contributed by atoms with E-state index in [0.717, 1.165) is 5.56 Å². The summed E-state index contributed by atoms with van der Waals surface area (Å²) in [6.07, 6.45) is 0.218. The van der Waals surface area contributed by atoms with Crippen LogP contribution in [0.15, 0.2) is 72.8 Å². The summed E-state index contributed by atoms with van der Waals surface area (Å²) in [6, 6.07) is 20.0. The number of nitrogens with one attached hydrogen (secondary N) is 2. The molecule has 3 N–H and O–H groups in total. The standard InChI is InChI=1S/C28H29ClN2O5/c1-17(2)36-25-14-11-21(16-23(25)29)27(33)31-24(18(3)28(34)35)15-19-9-12-22(13-10-19)30-26(32)20-7-5-4-6-8-20/h4-14,16-18,24H,15H2,1-3H3,(H,30,32)(H,31,33)(H,34,35)/t18?,24-/m0/s1. The third-order valence-electron chi connectivity index (χ3n) is 5.57. The van der Waals surface area contributed by atoms with Crippen molar-refractivity contribution < 1.29 is 24.2 Å². The number of aliphatic carboxylic acids is 1. The van der Waals surface area contributed by atoms with Gasteiger partial charge in [0, 0.05) is 22.9 Å². The number of hydrogen-bond donors (Lipinski definition) is 3. The fourth-order valence-electron chi connectivity index (χ4n) is 3.54. The lowest BCUT2D eigenvalue weighted by molar-refractivity contribution is -0.141. The van der Waals surface area contributed by atoms with Crippen LogP contribution >= 0.6 is 11.6 Å². The Bertz CT molecular complexity index is 1210. The van der Waals surface area contributed by atoms with E-state index in [1.54, 1.807) is 67.6 Å². The highest BCUT2D eigenvalue weighted by molar-refractivity contribution is 6.32. The third kappa shape index (κ3) is 7.33. The van der Waals surface area contributed by atoms with Gasteiger partial charge in [-0.3, -0.25) is 14.4 Å². The van der Waals surface area contributed by atoms with E-state index in [0.29, 0.717) is 27.6 Å². The second-order valence-electron chi connectivity index (χ2n) is 8.74. The van der Waals surface area contributed by atoms with Crippen molar-refractivity contribution in [3.63, 3.8) is 0 Å². The molecule has 0 bridgehead atoms. The Labute approximate surface area is 215 Å². The molecule has 3 rings (SSSR count). The third-order valence-corrected chi connectivity index (χ3v) is 5.87. The maximum atomic E-state index is 12.9. The molecule has 1 unspecified atom stereocenters. The fourth-order valence-corrected chi connectivity index (χ4v) is 3.76. The lowest BCUT2D eigenvalue weighted by Gasteiger charge is -2.23. The van der Waals surface area contributed by atoms with Crippen molar-refractivity contribution >= 4 is 35.1 Å². The molecule has 8 heteroatoms. The maximum Gasteiger partial charge on any atom is 0.308 e. The van der Waals surface area contributed by atoms with Crippen molar-refractivity contribution in [1.29, 1.82) is 0 Å². The number of benzene rings is 3. The number of hydrogen-bond acceptors (Lipinski definition) is 4. The Morgan fingerprint density at radius 3 is 2.14 bits per heavy atom. The monoisotopic (exact) mass is 508 g/mol. The minimum absolute atomic E-state index is 0.0685. The molecule has 188 valence electrons. The van der Waals surface area contributed by atoms with Gasteiger partial charge in [0.05, 0.1) is 17.0 Å². The van der Waals surface area contributed by atoms with Crippen molar-refractivity contribution in [3.8, 4) is 5.75 Å². The number of amides is 2. The minimum atomic E-state index is -1.02. The van der Waals surface area contributed by atoms with Gasteiger partial charge in [-0.15, -0.1) is 0 Å². The first-order chi connectivity index (χ1) is 17.1. The second kappa shape index (κ2) is 12.2. The Balaban J connectivity index is 1.70. The molecule has 3 aromatic carbocycles. The molecule has 0 heterocycles. The summed E-state index contributed by atoms with van der Waals surface area (Å²) in [5, 5.41) is 15.6. The Morgan fingerprint density at radius 2 is 1.56 bits per heavy atom. The first-order valence-corrected chi connectivity index (χ1v) is 12.0. The molecule has 0 aliphatic carbocycles. The molecule has 0 aliphatic rings. The van der Waals surface area contributed by atoms with Crippen LogP contribution < -0.4 is 15.4 Å². The summed E-state index contributed by atoms with van der Waals surface area (Å²) >= 11 is 6.26. The zero-order chi connectivity index (χ0) is 26.2. The zero-order valence-electron chi connectivity index (χ0n) is 20.3. The predicted molar refractivity (Wildman–Crippen MR) is 140 cm³/mol. The average Bonchev–Trinajstić information content (AvgIpc) is 2.85. The number of carboxylic acids is 1. The molecular formula is C28H29ClN2O5. The summed E-state index contributed by atoms with van der Waals surface area (Å²) in [4.78, 5) is 37.0. The number of halogens is 1. The largest absolute Gasteiger partial charge is 0.489 e. The Morgan fingerprint density at radius 1 is 0.889 bits per heavy atom. The van der Waals surface area contributed by atoms with Gasteiger partial charge in [0.1, 0.15) is 5.75 Å². The molecule has 0 saturated carbocycles. The number of carbonyl (C=O) groups is 3. The van der Waals surface area contributed by atoms with Gasteiger partial charge in [-0.2, -0.15) is 0 Å². The number of rotatable bonds is 10. The van der Waals surface area contributed by atoms with E-state index >= 15 is 0 Å². The molecule has 2 amide bonds.